The lowest BCUT2D eigenvalue weighted by Gasteiger charge is -2.17. The molecule has 0 amide bonds. The van der Waals surface area contributed by atoms with Gasteiger partial charge in [0.15, 0.2) is 4.90 Å². The molecule has 118 valence electrons. The molecule has 0 N–H and O–H groups in total. The molecule has 1 aromatic carbocycles. The highest BCUT2D eigenvalue weighted by Crippen LogP contribution is 2.29. The van der Waals surface area contributed by atoms with Crippen molar-refractivity contribution in [3.8, 4) is 0 Å². The van der Waals surface area contributed by atoms with Crippen molar-refractivity contribution in [1.29, 1.82) is 0 Å². The highest BCUT2D eigenvalue weighted by Gasteiger charge is 2.30. The van der Waals surface area contributed by atoms with Crippen LogP contribution in [0.3, 0.4) is 0 Å². The van der Waals surface area contributed by atoms with Crippen LogP contribution in [0.25, 0.3) is 0 Å². The van der Waals surface area contributed by atoms with E-state index < -0.39 is 20.6 Å². The molecule has 1 aromatic rings. The predicted octanol–water partition coefficient (Wildman–Crippen LogP) is 1.87. The second kappa shape index (κ2) is 6.97. The number of methoxy groups -OCH3 is 1. The minimum Gasteiger partial charge on any atom is -0.385 e. The SMILES string of the molecule is COCCCN(C)S(=O)(=O)c1cc(C)c(C)cc1[N+](=O)[O-]. The number of sulfonamides is 1. The maximum atomic E-state index is 12.5. The molecule has 0 aromatic heterocycles. The first kappa shape index (κ1) is 17.5. The van der Waals surface area contributed by atoms with Gasteiger partial charge in [-0.3, -0.25) is 10.1 Å². The lowest BCUT2D eigenvalue weighted by molar-refractivity contribution is -0.387. The molecule has 0 saturated heterocycles. The molecule has 8 heteroatoms. The Bertz CT molecular complexity index is 628. The molecule has 21 heavy (non-hydrogen) atoms. The number of nitro groups is 1. The third kappa shape index (κ3) is 3.99. The number of nitrogens with zero attached hydrogens (tertiary/aromatic N) is 2. The summed E-state index contributed by atoms with van der Waals surface area (Å²) >= 11 is 0. The van der Waals surface area contributed by atoms with Gasteiger partial charge in [-0.15, -0.1) is 0 Å². The van der Waals surface area contributed by atoms with E-state index in [1.165, 1.54) is 26.3 Å². The zero-order valence-corrected chi connectivity index (χ0v) is 13.4. The van der Waals surface area contributed by atoms with E-state index in [9.17, 15) is 18.5 Å². The molecule has 0 bridgehead atoms. The van der Waals surface area contributed by atoms with Gasteiger partial charge in [-0.05, 0) is 37.5 Å². The molecule has 0 heterocycles. The van der Waals surface area contributed by atoms with E-state index >= 15 is 0 Å². The Labute approximate surface area is 124 Å². The molecule has 0 saturated carbocycles. The fourth-order valence-electron chi connectivity index (χ4n) is 1.84. The molecule has 0 aliphatic rings. The average Bonchev–Trinajstić information content (AvgIpc) is 2.41. The second-order valence-electron chi connectivity index (χ2n) is 4.83. The quantitative estimate of drug-likeness (QED) is 0.435. The van der Waals surface area contributed by atoms with E-state index in [2.05, 4.69) is 0 Å². The van der Waals surface area contributed by atoms with E-state index in [-0.39, 0.29) is 11.4 Å². The summed E-state index contributed by atoms with van der Waals surface area (Å²) < 4.78 is 31.0. The van der Waals surface area contributed by atoms with Gasteiger partial charge in [0.25, 0.3) is 5.69 Å². The number of nitro benzene ring substituents is 1. The fraction of sp³-hybridized carbons (Fsp3) is 0.538. The van der Waals surface area contributed by atoms with Gasteiger partial charge >= 0.3 is 0 Å². The lowest BCUT2D eigenvalue weighted by Crippen LogP contribution is -2.29. The Hall–Kier alpha value is -1.51. The maximum Gasteiger partial charge on any atom is 0.289 e. The standard InChI is InChI=1S/C13H20N2O5S/c1-10-8-12(15(16)17)13(9-11(10)2)21(18,19)14(3)6-5-7-20-4/h8-9H,5-7H2,1-4H3. The van der Waals surface area contributed by atoms with Crippen LogP contribution in [0.4, 0.5) is 5.69 Å². The third-order valence-corrected chi connectivity index (χ3v) is 5.17. The first-order valence-corrected chi connectivity index (χ1v) is 7.86. The number of hydrogen-bond acceptors (Lipinski definition) is 5. The van der Waals surface area contributed by atoms with Crippen molar-refractivity contribution in [2.45, 2.75) is 25.2 Å². The molecule has 0 aliphatic heterocycles. The second-order valence-corrected chi connectivity index (χ2v) is 6.85. The number of ether oxygens (including phenoxy) is 1. The van der Waals surface area contributed by atoms with E-state index in [1.807, 2.05) is 0 Å². The van der Waals surface area contributed by atoms with Crippen LogP contribution < -0.4 is 0 Å². The molecular weight excluding hydrogens is 296 g/mol. The van der Waals surface area contributed by atoms with Crippen molar-refractivity contribution >= 4 is 15.7 Å². The molecule has 0 atom stereocenters. The van der Waals surface area contributed by atoms with Crippen molar-refractivity contribution in [3.63, 3.8) is 0 Å². The molecule has 0 aliphatic carbocycles. The predicted molar refractivity (Wildman–Crippen MR) is 78.9 cm³/mol. The minimum absolute atomic E-state index is 0.236. The van der Waals surface area contributed by atoms with Crippen LogP contribution in [0, 0.1) is 24.0 Å². The van der Waals surface area contributed by atoms with Gasteiger partial charge < -0.3 is 4.74 Å². The topological polar surface area (TPSA) is 89.8 Å². The number of hydrogen-bond donors (Lipinski definition) is 0. The normalized spacial score (nSPS) is 11.9. The van der Waals surface area contributed by atoms with Crippen molar-refractivity contribution in [2.24, 2.45) is 0 Å². The van der Waals surface area contributed by atoms with Crippen LogP contribution >= 0.6 is 0 Å². The van der Waals surface area contributed by atoms with Crippen LogP contribution in [0.1, 0.15) is 17.5 Å². The molecule has 0 unspecified atom stereocenters. The Morgan fingerprint density at radius 1 is 1.29 bits per heavy atom. The number of rotatable bonds is 7. The Morgan fingerprint density at radius 2 is 1.86 bits per heavy atom. The smallest absolute Gasteiger partial charge is 0.289 e. The molecule has 1 rings (SSSR count). The summed E-state index contributed by atoms with van der Waals surface area (Å²) in [6, 6.07) is 2.65. The summed E-state index contributed by atoms with van der Waals surface area (Å²) in [5, 5.41) is 11.1. The Kier molecular flexibility index (Phi) is 5.82. The highest BCUT2D eigenvalue weighted by molar-refractivity contribution is 7.89. The van der Waals surface area contributed by atoms with Crippen LogP contribution in [0.15, 0.2) is 17.0 Å². The van der Waals surface area contributed by atoms with Gasteiger partial charge in [-0.1, -0.05) is 0 Å². The summed E-state index contributed by atoms with van der Waals surface area (Å²) in [5.74, 6) is 0. The number of benzene rings is 1. The van der Waals surface area contributed by atoms with Gasteiger partial charge in [0.1, 0.15) is 0 Å². The first-order chi connectivity index (χ1) is 9.71. The summed E-state index contributed by atoms with van der Waals surface area (Å²) in [7, 11) is -0.961. The van der Waals surface area contributed by atoms with Crippen LogP contribution in [-0.2, 0) is 14.8 Å². The summed E-state index contributed by atoms with van der Waals surface area (Å²) in [6.45, 7) is 4.10. The van der Waals surface area contributed by atoms with Gasteiger partial charge in [0.2, 0.25) is 10.0 Å². The zero-order valence-electron chi connectivity index (χ0n) is 12.6. The van der Waals surface area contributed by atoms with E-state index in [4.69, 9.17) is 4.74 Å². The van der Waals surface area contributed by atoms with Crippen molar-refractivity contribution in [3.05, 3.63) is 33.4 Å². The molecule has 0 spiro atoms. The summed E-state index contributed by atoms with van der Waals surface area (Å²) in [5.41, 5.74) is 0.990. The first-order valence-electron chi connectivity index (χ1n) is 6.42. The maximum absolute atomic E-state index is 12.5. The third-order valence-electron chi connectivity index (χ3n) is 3.28. The van der Waals surface area contributed by atoms with Gasteiger partial charge in [0.05, 0.1) is 4.92 Å². The largest absolute Gasteiger partial charge is 0.385 e. The molecule has 0 fully saturated rings. The summed E-state index contributed by atoms with van der Waals surface area (Å²) in [6.07, 6.45) is 0.519. The molecule has 7 nitrogen and oxygen atoms in total. The van der Waals surface area contributed by atoms with Gasteiger partial charge in [0, 0.05) is 33.4 Å². The minimum atomic E-state index is -3.90. The van der Waals surface area contributed by atoms with Gasteiger partial charge in [-0.25, -0.2) is 12.7 Å². The van der Waals surface area contributed by atoms with Crippen molar-refractivity contribution < 1.29 is 18.1 Å². The molecule has 0 radical (unpaired) electrons. The average molecular weight is 316 g/mol. The Morgan fingerprint density at radius 3 is 2.38 bits per heavy atom. The van der Waals surface area contributed by atoms with Crippen LogP contribution in [-0.4, -0.2) is 45.0 Å². The van der Waals surface area contributed by atoms with Crippen LogP contribution in [0.2, 0.25) is 0 Å². The fourth-order valence-corrected chi connectivity index (χ4v) is 3.27. The van der Waals surface area contributed by atoms with Crippen molar-refractivity contribution in [2.75, 3.05) is 27.3 Å². The van der Waals surface area contributed by atoms with Crippen molar-refractivity contribution in [1.82, 2.24) is 4.31 Å². The monoisotopic (exact) mass is 316 g/mol. The molecular formula is C13H20N2O5S. The number of aryl methyl sites for hydroxylation is 2. The van der Waals surface area contributed by atoms with E-state index in [0.717, 1.165) is 4.31 Å². The van der Waals surface area contributed by atoms with Crippen LogP contribution in [0.5, 0.6) is 0 Å². The van der Waals surface area contributed by atoms with E-state index in [0.29, 0.717) is 24.2 Å². The van der Waals surface area contributed by atoms with E-state index in [1.54, 1.807) is 13.8 Å². The summed E-state index contributed by atoms with van der Waals surface area (Å²) in [4.78, 5) is 10.2. The zero-order chi connectivity index (χ0) is 16.2. The van der Waals surface area contributed by atoms with Gasteiger partial charge in [-0.2, -0.15) is 0 Å². The Balaban J connectivity index is 3.24. The highest BCUT2D eigenvalue weighted by atomic mass is 32.2. The lowest BCUT2D eigenvalue weighted by atomic mass is 10.1.